The largest absolute Gasteiger partial charge is 0.355 e. The van der Waals surface area contributed by atoms with Crippen molar-refractivity contribution in [3.63, 3.8) is 0 Å². The minimum atomic E-state index is -1.37. The zero-order valence-electron chi connectivity index (χ0n) is 14.1. The van der Waals surface area contributed by atoms with Crippen molar-refractivity contribution in [2.75, 3.05) is 11.9 Å². The molecule has 132 valence electrons. The maximum absolute atomic E-state index is 13.6. The number of carbonyl (C=O) groups is 2. The average Bonchev–Trinajstić information content (AvgIpc) is 2.58. The third kappa shape index (κ3) is 4.86. The Labute approximate surface area is 145 Å². The highest BCUT2D eigenvalue weighted by Crippen LogP contribution is 2.20. The zero-order chi connectivity index (χ0) is 18.4. The topological polar surface area (TPSA) is 58.2 Å². The van der Waals surface area contributed by atoms with Crippen molar-refractivity contribution in [1.29, 1.82) is 0 Å². The number of rotatable bonds is 6. The zero-order valence-corrected chi connectivity index (χ0v) is 14.1. The minimum Gasteiger partial charge on any atom is -0.355 e. The summed E-state index contributed by atoms with van der Waals surface area (Å²) in [6.07, 6.45) is 0.511. The molecule has 0 saturated carbocycles. The predicted octanol–water partition coefficient (Wildman–Crippen LogP) is 3.29. The normalized spacial score (nSPS) is 11.0. The molecule has 2 aromatic carbocycles. The summed E-state index contributed by atoms with van der Waals surface area (Å²) in [7, 11) is 0. The molecule has 2 amide bonds. The quantitative estimate of drug-likeness (QED) is 0.789. The van der Waals surface area contributed by atoms with Crippen LogP contribution in [0.4, 0.5) is 14.5 Å². The molecule has 2 N–H and O–H groups in total. The molecule has 0 aromatic heterocycles. The van der Waals surface area contributed by atoms with Gasteiger partial charge in [0.05, 0.1) is 5.69 Å². The molecule has 2 aromatic rings. The molecule has 0 heterocycles. The molecular formula is C19H20F2N2O2. The molecule has 0 aliphatic heterocycles. The molecule has 0 aliphatic rings. The molecule has 0 aliphatic carbocycles. The summed E-state index contributed by atoms with van der Waals surface area (Å²) in [6.45, 7) is 3.24. The van der Waals surface area contributed by atoms with Crippen LogP contribution in [0.1, 0.15) is 19.4 Å². The molecule has 0 saturated heterocycles. The summed E-state index contributed by atoms with van der Waals surface area (Å²) in [5.41, 5.74) is -0.472. The number of benzene rings is 2. The Bertz CT molecular complexity index is 758. The number of amides is 2. The summed E-state index contributed by atoms with van der Waals surface area (Å²) in [4.78, 5) is 24.6. The number of hydrogen-bond donors (Lipinski definition) is 2. The van der Waals surface area contributed by atoms with Crippen LogP contribution in [0.25, 0.3) is 0 Å². The summed E-state index contributed by atoms with van der Waals surface area (Å²) >= 11 is 0. The Hall–Kier alpha value is -2.76. The van der Waals surface area contributed by atoms with E-state index in [1.807, 2.05) is 0 Å². The van der Waals surface area contributed by atoms with Crippen molar-refractivity contribution >= 4 is 17.5 Å². The van der Waals surface area contributed by atoms with Gasteiger partial charge in [0, 0.05) is 6.54 Å². The summed E-state index contributed by atoms with van der Waals surface area (Å²) in [5.74, 6) is -1.96. The van der Waals surface area contributed by atoms with Crippen LogP contribution in [0.2, 0.25) is 0 Å². The molecule has 0 unspecified atom stereocenters. The molecule has 6 heteroatoms. The first-order valence-corrected chi connectivity index (χ1v) is 7.89. The monoisotopic (exact) mass is 346 g/mol. The van der Waals surface area contributed by atoms with Gasteiger partial charge in [-0.15, -0.1) is 0 Å². The van der Waals surface area contributed by atoms with Crippen LogP contribution >= 0.6 is 0 Å². The second-order valence-corrected chi connectivity index (χ2v) is 6.19. The second-order valence-electron chi connectivity index (χ2n) is 6.19. The van der Waals surface area contributed by atoms with Crippen molar-refractivity contribution < 1.29 is 18.4 Å². The number of nitrogens with one attached hydrogen (secondary N) is 2. The van der Waals surface area contributed by atoms with Crippen LogP contribution in [0.15, 0.2) is 48.5 Å². The van der Waals surface area contributed by atoms with Crippen LogP contribution < -0.4 is 10.6 Å². The van der Waals surface area contributed by atoms with Crippen molar-refractivity contribution in [2.45, 2.75) is 20.3 Å². The number of para-hydroxylation sites is 1. The van der Waals surface area contributed by atoms with Crippen LogP contribution in [-0.2, 0) is 16.0 Å². The Balaban J connectivity index is 1.91. The van der Waals surface area contributed by atoms with E-state index in [0.29, 0.717) is 13.0 Å². The van der Waals surface area contributed by atoms with Crippen molar-refractivity contribution in [3.8, 4) is 0 Å². The van der Waals surface area contributed by atoms with E-state index in [0.717, 1.165) is 5.56 Å². The highest BCUT2D eigenvalue weighted by molar-refractivity contribution is 6.09. The fraction of sp³-hybridized carbons (Fsp3) is 0.263. The van der Waals surface area contributed by atoms with Gasteiger partial charge in [0.2, 0.25) is 11.8 Å². The van der Waals surface area contributed by atoms with Gasteiger partial charge in [-0.25, -0.2) is 8.78 Å². The number of halogens is 2. The van der Waals surface area contributed by atoms with Gasteiger partial charge in [-0.1, -0.05) is 24.3 Å². The van der Waals surface area contributed by atoms with Crippen LogP contribution in [0, 0.1) is 17.0 Å². The molecule has 0 bridgehead atoms. The van der Waals surface area contributed by atoms with Crippen LogP contribution in [0.5, 0.6) is 0 Å². The van der Waals surface area contributed by atoms with Gasteiger partial charge in [-0.05, 0) is 50.1 Å². The molecular weight excluding hydrogens is 326 g/mol. The summed E-state index contributed by atoms with van der Waals surface area (Å²) < 4.78 is 26.5. The van der Waals surface area contributed by atoms with Crippen molar-refractivity contribution in [2.24, 2.45) is 5.41 Å². The van der Waals surface area contributed by atoms with E-state index < -0.39 is 23.0 Å². The van der Waals surface area contributed by atoms with Gasteiger partial charge in [0.25, 0.3) is 0 Å². The molecule has 4 nitrogen and oxygen atoms in total. The lowest BCUT2D eigenvalue weighted by atomic mass is 9.90. The van der Waals surface area contributed by atoms with Crippen LogP contribution in [-0.4, -0.2) is 18.4 Å². The van der Waals surface area contributed by atoms with E-state index >= 15 is 0 Å². The van der Waals surface area contributed by atoms with Gasteiger partial charge < -0.3 is 10.6 Å². The SMILES string of the molecule is CC(C)(C(=O)NCCc1ccc(F)cc1)C(=O)Nc1ccccc1F. The molecule has 2 rings (SSSR count). The van der Waals surface area contributed by atoms with E-state index in [1.165, 1.54) is 44.2 Å². The third-order valence-corrected chi connectivity index (χ3v) is 3.87. The third-order valence-electron chi connectivity index (χ3n) is 3.87. The van der Waals surface area contributed by atoms with E-state index in [9.17, 15) is 18.4 Å². The molecule has 0 atom stereocenters. The van der Waals surface area contributed by atoms with Gasteiger partial charge in [0.15, 0.2) is 0 Å². The number of anilines is 1. The maximum Gasteiger partial charge on any atom is 0.239 e. The fourth-order valence-electron chi connectivity index (χ4n) is 2.14. The second kappa shape index (κ2) is 7.88. The summed E-state index contributed by atoms with van der Waals surface area (Å²) in [5, 5.41) is 5.11. The van der Waals surface area contributed by atoms with E-state index in [1.54, 1.807) is 18.2 Å². The first-order valence-electron chi connectivity index (χ1n) is 7.89. The summed E-state index contributed by atoms with van der Waals surface area (Å²) in [6, 6.07) is 11.7. The highest BCUT2D eigenvalue weighted by Gasteiger charge is 2.36. The Morgan fingerprint density at radius 2 is 1.60 bits per heavy atom. The van der Waals surface area contributed by atoms with Crippen molar-refractivity contribution in [1.82, 2.24) is 5.32 Å². The van der Waals surface area contributed by atoms with E-state index in [4.69, 9.17) is 0 Å². The number of carbonyl (C=O) groups excluding carboxylic acids is 2. The lowest BCUT2D eigenvalue weighted by Gasteiger charge is -2.23. The van der Waals surface area contributed by atoms with Gasteiger partial charge in [0.1, 0.15) is 17.0 Å². The van der Waals surface area contributed by atoms with E-state index in [2.05, 4.69) is 10.6 Å². The lowest BCUT2D eigenvalue weighted by molar-refractivity contribution is -0.138. The Morgan fingerprint density at radius 1 is 0.960 bits per heavy atom. The molecule has 0 spiro atoms. The minimum absolute atomic E-state index is 0.0275. The number of hydrogen-bond acceptors (Lipinski definition) is 2. The molecule has 0 radical (unpaired) electrons. The first kappa shape index (κ1) is 18.6. The average molecular weight is 346 g/mol. The van der Waals surface area contributed by atoms with Crippen LogP contribution in [0.3, 0.4) is 0 Å². The maximum atomic E-state index is 13.6. The fourth-order valence-corrected chi connectivity index (χ4v) is 2.14. The van der Waals surface area contributed by atoms with Crippen molar-refractivity contribution in [3.05, 3.63) is 65.7 Å². The van der Waals surface area contributed by atoms with E-state index in [-0.39, 0.29) is 11.5 Å². The van der Waals surface area contributed by atoms with Gasteiger partial charge >= 0.3 is 0 Å². The first-order chi connectivity index (χ1) is 11.8. The standard InChI is InChI=1S/C19H20F2N2O2/c1-19(2,18(25)23-16-6-4-3-5-15(16)21)17(24)22-12-11-13-7-9-14(20)10-8-13/h3-10H,11-12H2,1-2H3,(H,22,24)(H,23,25). The Kier molecular flexibility index (Phi) is 5.85. The smallest absolute Gasteiger partial charge is 0.239 e. The van der Waals surface area contributed by atoms with Gasteiger partial charge in [-0.3, -0.25) is 9.59 Å². The predicted molar refractivity (Wildman–Crippen MR) is 91.9 cm³/mol. The highest BCUT2D eigenvalue weighted by atomic mass is 19.1. The Morgan fingerprint density at radius 3 is 2.24 bits per heavy atom. The van der Waals surface area contributed by atoms with Gasteiger partial charge in [-0.2, -0.15) is 0 Å². The molecule has 0 fully saturated rings. The lowest BCUT2D eigenvalue weighted by Crippen LogP contribution is -2.45. The molecule has 25 heavy (non-hydrogen) atoms.